The van der Waals surface area contributed by atoms with Gasteiger partial charge in [-0.25, -0.2) is 0 Å². The Kier molecular flexibility index (Phi) is 51.4. The Labute approximate surface area is 407 Å². The molecule has 6 heteroatoms. The average Bonchev–Trinajstić information content (AvgIpc) is 3.31. The first kappa shape index (κ1) is 62.6. The van der Waals surface area contributed by atoms with Crippen LogP contribution in [0.1, 0.15) is 258 Å². The molecular formula is C60H102O6. The lowest BCUT2D eigenvalue weighted by Crippen LogP contribution is -2.30. The Morgan fingerprint density at radius 1 is 0.318 bits per heavy atom. The molecule has 0 saturated heterocycles. The van der Waals surface area contributed by atoms with E-state index in [4.69, 9.17) is 14.2 Å². The van der Waals surface area contributed by atoms with Crippen molar-refractivity contribution in [2.24, 2.45) is 0 Å². The van der Waals surface area contributed by atoms with Gasteiger partial charge in [0, 0.05) is 19.3 Å². The van der Waals surface area contributed by atoms with E-state index < -0.39 is 6.10 Å². The van der Waals surface area contributed by atoms with Gasteiger partial charge in [-0.2, -0.15) is 0 Å². The topological polar surface area (TPSA) is 78.9 Å². The van der Waals surface area contributed by atoms with Crippen LogP contribution < -0.4 is 0 Å². The highest BCUT2D eigenvalue weighted by Crippen LogP contribution is 2.16. The number of hydrogen-bond donors (Lipinski definition) is 0. The molecule has 0 fully saturated rings. The number of rotatable bonds is 49. The third-order valence-corrected chi connectivity index (χ3v) is 11.7. The van der Waals surface area contributed by atoms with Crippen molar-refractivity contribution in [3.8, 4) is 0 Å². The second-order valence-electron chi connectivity index (χ2n) is 18.1. The third-order valence-electron chi connectivity index (χ3n) is 11.7. The Bertz CT molecular complexity index is 1290. The van der Waals surface area contributed by atoms with Crippen molar-refractivity contribution in [2.45, 2.75) is 264 Å². The van der Waals surface area contributed by atoms with Gasteiger partial charge in [-0.3, -0.25) is 14.4 Å². The van der Waals surface area contributed by atoms with Crippen molar-refractivity contribution in [1.82, 2.24) is 0 Å². The van der Waals surface area contributed by atoms with Crippen molar-refractivity contribution in [2.75, 3.05) is 13.2 Å². The Balaban J connectivity index is 4.40. The van der Waals surface area contributed by atoms with Crippen molar-refractivity contribution < 1.29 is 28.6 Å². The lowest BCUT2D eigenvalue weighted by molar-refractivity contribution is -0.166. The van der Waals surface area contributed by atoms with E-state index in [0.29, 0.717) is 19.3 Å². The summed E-state index contributed by atoms with van der Waals surface area (Å²) in [6.07, 6.45) is 70.2. The first-order valence-electron chi connectivity index (χ1n) is 27.6. The van der Waals surface area contributed by atoms with E-state index in [0.717, 1.165) is 103 Å². The van der Waals surface area contributed by atoms with Crippen molar-refractivity contribution in [1.29, 1.82) is 0 Å². The quantitative estimate of drug-likeness (QED) is 0.0262. The van der Waals surface area contributed by atoms with Crippen molar-refractivity contribution in [3.63, 3.8) is 0 Å². The summed E-state index contributed by atoms with van der Waals surface area (Å²) in [7, 11) is 0. The van der Waals surface area contributed by atoms with Gasteiger partial charge in [0.25, 0.3) is 0 Å². The fraction of sp³-hybridized carbons (Fsp3) is 0.717. The number of carbonyl (C=O) groups excluding carboxylic acids is 3. The first-order chi connectivity index (χ1) is 32.5. The molecule has 378 valence electrons. The number of unbranched alkanes of at least 4 members (excludes halogenated alkanes) is 24. The molecule has 0 aromatic rings. The largest absolute Gasteiger partial charge is 0.462 e. The molecule has 0 aliphatic carbocycles. The van der Waals surface area contributed by atoms with Crippen LogP contribution >= 0.6 is 0 Å². The fourth-order valence-electron chi connectivity index (χ4n) is 7.59. The van der Waals surface area contributed by atoms with Gasteiger partial charge in [0.05, 0.1) is 0 Å². The summed E-state index contributed by atoms with van der Waals surface area (Å²) in [5.74, 6) is -1.00. The summed E-state index contributed by atoms with van der Waals surface area (Å²) in [6, 6.07) is 0. The molecule has 0 heterocycles. The van der Waals surface area contributed by atoms with Gasteiger partial charge >= 0.3 is 17.9 Å². The van der Waals surface area contributed by atoms with E-state index in [-0.39, 0.29) is 37.5 Å². The summed E-state index contributed by atoms with van der Waals surface area (Å²) in [4.78, 5) is 38.0. The van der Waals surface area contributed by atoms with Crippen LogP contribution in [-0.2, 0) is 28.6 Å². The molecule has 0 amide bonds. The van der Waals surface area contributed by atoms with Gasteiger partial charge in [0.2, 0.25) is 0 Å². The fourth-order valence-corrected chi connectivity index (χ4v) is 7.59. The minimum Gasteiger partial charge on any atom is -0.462 e. The maximum atomic E-state index is 12.8. The van der Waals surface area contributed by atoms with Gasteiger partial charge in [0.1, 0.15) is 13.2 Å². The highest BCUT2D eigenvalue weighted by atomic mass is 16.6. The molecule has 0 radical (unpaired) electrons. The Morgan fingerprint density at radius 3 is 1.02 bits per heavy atom. The summed E-state index contributed by atoms with van der Waals surface area (Å²) in [5, 5.41) is 0. The van der Waals surface area contributed by atoms with E-state index in [1.807, 2.05) is 12.2 Å². The van der Waals surface area contributed by atoms with Crippen LogP contribution in [0.3, 0.4) is 0 Å². The smallest absolute Gasteiger partial charge is 0.306 e. The molecule has 0 N–H and O–H groups in total. The zero-order valence-corrected chi connectivity index (χ0v) is 43.2. The number of esters is 3. The van der Waals surface area contributed by atoms with Gasteiger partial charge in [0.15, 0.2) is 6.10 Å². The van der Waals surface area contributed by atoms with Crippen molar-refractivity contribution in [3.05, 3.63) is 85.1 Å². The van der Waals surface area contributed by atoms with E-state index in [2.05, 4.69) is 93.7 Å². The van der Waals surface area contributed by atoms with Crippen molar-refractivity contribution >= 4 is 17.9 Å². The maximum Gasteiger partial charge on any atom is 0.306 e. The molecule has 0 rings (SSSR count). The highest BCUT2D eigenvalue weighted by Gasteiger charge is 2.19. The van der Waals surface area contributed by atoms with E-state index >= 15 is 0 Å². The Hall–Kier alpha value is -3.41. The van der Waals surface area contributed by atoms with E-state index in [1.54, 1.807) is 0 Å². The molecule has 1 unspecified atom stereocenters. The zero-order valence-electron chi connectivity index (χ0n) is 43.2. The third kappa shape index (κ3) is 51.6. The summed E-state index contributed by atoms with van der Waals surface area (Å²) in [5.41, 5.74) is 0. The first-order valence-corrected chi connectivity index (χ1v) is 27.6. The van der Waals surface area contributed by atoms with Crippen LogP contribution in [0.2, 0.25) is 0 Å². The monoisotopic (exact) mass is 919 g/mol. The molecule has 6 nitrogen and oxygen atoms in total. The molecule has 0 aromatic heterocycles. The van der Waals surface area contributed by atoms with E-state index in [9.17, 15) is 14.4 Å². The van der Waals surface area contributed by atoms with Gasteiger partial charge in [-0.1, -0.05) is 247 Å². The normalized spacial score (nSPS) is 12.7. The molecule has 0 saturated carbocycles. The minimum absolute atomic E-state index is 0.104. The van der Waals surface area contributed by atoms with Crippen LogP contribution in [0.4, 0.5) is 0 Å². The summed E-state index contributed by atoms with van der Waals surface area (Å²) < 4.78 is 16.7. The van der Waals surface area contributed by atoms with Gasteiger partial charge < -0.3 is 14.2 Å². The SMILES string of the molecule is CC/C=C\C/C=C\C/C=C\C/C=C\CCC(=O)OCC(COC(=O)CCCCCCCCCCCCCCCCCCCCCC)OC(=O)CCCCCCC/C=C\C/C=C\C/C=C\CC. The lowest BCUT2D eigenvalue weighted by Gasteiger charge is -2.18. The molecule has 66 heavy (non-hydrogen) atoms. The summed E-state index contributed by atoms with van der Waals surface area (Å²) >= 11 is 0. The predicted molar refractivity (Wildman–Crippen MR) is 284 cm³/mol. The van der Waals surface area contributed by atoms with Gasteiger partial charge in [-0.15, -0.1) is 0 Å². The van der Waals surface area contributed by atoms with Gasteiger partial charge in [-0.05, 0) is 77.0 Å². The summed E-state index contributed by atoms with van der Waals surface area (Å²) in [6.45, 7) is 6.35. The van der Waals surface area contributed by atoms with Crippen LogP contribution in [-0.4, -0.2) is 37.2 Å². The predicted octanol–water partition coefficient (Wildman–Crippen LogP) is 18.4. The zero-order chi connectivity index (χ0) is 47.9. The molecule has 0 bridgehead atoms. The number of hydrogen-bond acceptors (Lipinski definition) is 6. The van der Waals surface area contributed by atoms with Crippen LogP contribution in [0.15, 0.2) is 85.1 Å². The number of allylic oxidation sites excluding steroid dienone is 14. The molecule has 0 spiro atoms. The lowest BCUT2D eigenvalue weighted by atomic mass is 10.0. The van der Waals surface area contributed by atoms with Crippen LogP contribution in [0.5, 0.6) is 0 Å². The van der Waals surface area contributed by atoms with Crippen LogP contribution in [0.25, 0.3) is 0 Å². The molecule has 1 atom stereocenters. The standard InChI is InChI=1S/C60H102O6/c1-4-7-10-13-16-19-22-25-27-28-29-30-31-33-35-38-41-44-47-50-53-59(62)65-56-57(55-64-58(61)52-49-46-43-40-37-34-24-21-18-15-12-9-6-3)66-60(63)54-51-48-45-42-39-36-32-26-23-20-17-14-11-8-5-2/h8-9,11-12,17-18,20-21,26,32,34,37,43,46,57H,4-7,10,13-16,19,22-25,27-31,33,35-36,38-42,44-45,47-56H2,1-3H3/b11-8-,12-9-,20-17-,21-18-,32-26-,37-34-,46-43-. The highest BCUT2D eigenvalue weighted by molar-refractivity contribution is 5.71. The second kappa shape index (κ2) is 54.2. The molecule has 0 aliphatic heterocycles. The molecule has 0 aromatic carbocycles. The number of ether oxygens (including phenoxy) is 3. The Morgan fingerprint density at radius 2 is 0.621 bits per heavy atom. The number of carbonyl (C=O) groups is 3. The van der Waals surface area contributed by atoms with Crippen LogP contribution in [0, 0.1) is 0 Å². The molecule has 0 aliphatic rings. The second-order valence-corrected chi connectivity index (χ2v) is 18.1. The minimum atomic E-state index is -0.813. The molecular weight excluding hydrogens is 817 g/mol. The van der Waals surface area contributed by atoms with E-state index in [1.165, 1.54) is 109 Å². The maximum absolute atomic E-state index is 12.8. The average molecular weight is 919 g/mol.